The number of nitriles is 1. The summed E-state index contributed by atoms with van der Waals surface area (Å²) >= 11 is 0. The quantitative estimate of drug-likeness (QED) is 0.861. The highest BCUT2D eigenvalue weighted by Crippen LogP contribution is 2.24. The van der Waals surface area contributed by atoms with E-state index in [2.05, 4.69) is 40.7 Å². The van der Waals surface area contributed by atoms with Crippen LogP contribution in [0.15, 0.2) is 48.5 Å². The van der Waals surface area contributed by atoms with Crippen molar-refractivity contribution in [2.24, 2.45) is 5.92 Å². The van der Waals surface area contributed by atoms with Gasteiger partial charge in [0.2, 0.25) is 5.91 Å². The van der Waals surface area contributed by atoms with Crippen LogP contribution in [-0.4, -0.2) is 25.5 Å². The van der Waals surface area contributed by atoms with Crippen molar-refractivity contribution in [2.75, 3.05) is 35.2 Å². The third kappa shape index (κ3) is 4.76. The smallest absolute Gasteiger partial charge is 0.243 e. The molecule has 26 heavy (non-hydrogen) atoms. The summed E-state index contributed by atoms with van der Waals surface area (Å²) < 4.78 is 0. The molecule has 0 unspecified atom stereocenters. The Morgan fingerprint density at radius 2 is 1.69 bits per heavy atom. The molecule has 2 aromatic carbocycles. The van der Waals surface area contributed by atoms with Crippen LogP contribution in [0.3, 0.4) is 0 Å². The fraction of sp³-hybridized carbons (Fsp3) is 0.333. The van der Waals surface area contributed by atoms with E-state index in [9.17, 15) is 4.79 Å². The maximum atomic E-state index is 12.1. The Balaban J connectivity index is 1.48. The molecule has 0 bridgehead atoms. The normalized spacial score (nSPS) is 14.5. The molecule has 5 heteroatoms. The number of nitrogens with zero attached hydrogens (tertiary/aromatic N) is 2. The summed E-state index contributed by atoms with van der Waals surface area (Å²) in [4.78, 5) is 14.5. The Morgan fingerprint density at radius 3 is 2.31 bits per heavy atom. The molecule has 134 valence electrons. The minimum Gasteiger partial charge on any atom is -0.376 e. The second kappa shape index (κ2) is 8.39. The average Bonchev–Trinajstić information content (AvgIpc) is 2.68. The number of carbonyl (C=O) groups is 1. The molecule has 0 spiro atoms. The van der Waals surface area contributed by atoms with Crippen LogP contribution in [0.25, 0.3) is 0 Å². The molecule has 1 heterocycles. The van der Waals surface area contributed by atoms with Gasteiger partial charge in [-0.15, -0.1) is 0 Å². The molecular weight excluding hydrogens is 324 g/mol. The van der Waals surface area contributed by atoms with Gasteiger partial charge in [-0.3, -0.25) is 4.79 Å². The summed E-state index contributed by atoms with van der Waals surface area (Å²) in [6, 6.07) is 17.1. The zero-order chi connectivity index (χ0) is 18.4. The lowest BCUT2D eigenvalue weighted by molar-refractivity contribution is -0.114. The van der Waals surface area contributed by atoms with Gasteiger partial charge in [-0.05, 0) is 67.3 Å². The number of piperidine rings is 1. The van der Waals surface area contributed by atoms with Crippen LogP contribution in [0.5, 0.6) is 0 Å². The highest BCUT2D eigenvalue weighted by molar-refractivity contribution is 5.93. The molecule has 2 aromatic rings. The molecule has 0 aromatic heterocycles. The fourth-order valence-corrected chi connectivity index (χ4v) is 3.07. The number of hydrogen-bond donors (Lipinski definition) is 2. The standard InChI is InChI=1S/C21H24N4O/c1-16-10-12-25(13-11-16)20-8-6-19(7-9-20)24-21(26)15-23-18-4-2-17(14-22)3-5-18/h2-9,16,23H,10-13,15H2,1H3,(H,24,26). The van der Waals surface area contributed by atoms with E-state index in [1.807, 2.05) is 12.1 Å². The second-order valence-electron chi connectivity index (χ2n) is 6.81. The van der Waals surface area contributed by atoms with E-state index in [0.29, 0.717) is 5.56 Å². The predicted octanol–water partition coefficient (Wildman–Crippen LogP) is 3.85. The minimum absolute atomic E-state index is 0.103. The van der Waals surface area contributed by atoms with Gasteiger partial charge in [0.05, 0.1) is 18.2 Å². The van der Waals surface area contributed by atoms with Crippen molar-refractivity contribution in [3.8, 4) is 6.07 Å². The Bertz CT molecular complexity index is 769. The zero-order valence-corrected chi connectivity index (χ0v) is 15.0. The van der Waals surface area contributed by atoms with Crippen LogP contribution in [0.4, 0.5) is 17.1 Å². The zero-order valence-electron chi connectivity index (χ0n) is 15.0. The van der Waals surface area contributed by atoms with Crippen LogP contribution in [0, 0.1) is 17.2 Å². The van der Waals surface area contributed by atoms with Crippen molar-refractivity contribution in [2.45, 2.75) is 19.8 Å². The molecule has 1 amide bonds. The number of carbonyl (C=O) groups excluding carboxylic acids is 1. The molecular formula is C21H24N4O. The average molecular weight is 348 g/mol. The molecule has 1 fully saturated rings. The van der Waals surface area contributed by atoms with E-state index in [1.54, 1.807) is 24.3 Å². The lowest BCUT2D eigenvalue weighted by atomic mass is 9.99. The number of rotatable bonds is 5. The SMILES string of the molecule is CC1CCN(c2ccc(NC(=O)CNc3ccc(C#N)cc3)cc2)CC1. The largest absolute Gasteiger partial charge is 0.376 e. The van der Waals surface area contributed by atoms with Crippen LogP contribution >= 0.6 is 0 Å². The molecule has 0 aliphatic carbocycles. The minimum atomic E-state index is -0.103. The highest BCUT2D eigenvalue weighted by atomic mass is 16.1. The third-order valence-electron chi connectivity index (χ3n) is 4.77. The number of anilines is 3. The van der Waals surface area contributed by atoms with E-state index in [1.165, 1.54) is 18.5 Å². The maximum Gasteiger partial charge on any atom is 0.243 e. The van der Waals surface area contributed by atoms with E-state index >= 15 is 0 Å². The molecule has 1 saturated heterocycles. The summed E-state index contributed by atoms with van der Waals surface area (Å²) in [5, 5.41) is 14.7. The van der Waals surface area contributed by atoms with Gasteiger partial charge in [-0.25, -0.2) is 0 Å². The molecule has 0 saturated carbocycles. The summed E-state index contributed by atoms with van der Waals surface area (Å²) in [6.45, 7) is 4.68. The summed E-state index contributed by atoms with van der Waals surface area (Å²) in [7, 11) is 0. The third-order valence-corrected chi connectivity index (χ3v) is 4.77. The first kappa shape index (κ1) is 17.8. The van der Waals surface area contributed by atoms with Gasteiger partial charge in [0, 0.05) is 30.2 Å². The van der Waals surface area contributed by atoms with E-state index in [-0.39, 0.29) is 12.5 Å². The molecule has 1 aliphatic heterocycles. The lowest BCUT2D eigenvalue weighted by Crippen LogP contribution is -2.32. The Kier molecular flexibility index (Phi) is 5.75. The Morgan fingerprint density at radius 1 is 1.08 bits per heavy atom. The number of amides is 1. The number of benzene rings is 2. The summed E-state index contributed by atoms with van der Waals surface area (Å²) in [5.74, 6) is 0.710. The Hall–Kier alpha value is -3.00. The molecule has 2 N–H and O–H groups in total. The van der Waals surface area contributed by atoms with Crippen molar-refractivity contribution in [3.63, 3.8) is 0 Å². The fourth-order valence-electron chi connectivity index (χ4n) is 3.07. The van der Waals surface area contributed by atoms with E-state index in [0.717, 1.165) is 30.4 Å². The summed E-state index contributed by atoms with van der Waals surface area (Å²) in [5.41, 5.74) is 3.42. The van der Waals surface area contributed by atoms with Crippen molar-refractivity contribution in [3.05, 3.63) is 54.1 Å². The van der Waals surface area contributed by atoms with Crippen LogP contribution in [0.1, 0.15) is 25.3 Å². The summed E-state index contributed by atoms with van der Waals surface area (Å²) in [6.07, 6.45) is 2.47. The first-order valence-corrected chi connectivity index (χ1v) is 9.03. The van der Waals surface area contributed by atoms with Crippen molar-refractivity contribution in [1.82, 2.24) is 0 Å². The molecule has 5 nitrogen and oxygen atoms in total. The van der Waals surface area contributed by atoms with Gasteiger partial charge in [0.1, 0.15) is 0 Å². The van der Waals surface area contributed by atoms with Crippen molar-refractivity contribution < 1.29 is 4.79 Å². The van der Waals surface area contributed by atoms with Gasteiger partial charge in [-0.2, -0.15) is 5.26 Å². The number of nitrogens with one attached hydrogen (secondary N) is 2. The lowest BCUT2D eigenvalue weighted by Gasteiger charge is -2.32. The monoisotopic (exact) mass is 348 g/mol. The van der Waals surface area contributed by atoms with Crippen LogP contribution in [-0.2, 0) is 4.79 Å². The molecule has 1 aliphatic rings. The highest BCUT2D eigenvalue weighted by Gasteiger charge is 2.15. The van der Waals surface area contributed by atoms with Gasteiger partial charge < -0.3 is 15.5 Å². The predicted molar refractivity (Wildman–Crippen MR) is 105 cm³/mol. The van der Waals surface area contributed by atoms with Gasteiger partial charge >= 0.3 is 0 Å². The first-order chi connectivity index (χ1) is 12.6. The van der Waals surface area contributed by atoms with Gasteiger partial charge in [0.25, 0.3) is 0 Å². The number of hydrogen-bond acceptors (Lipinski definition) is 4. The first-order valence-electron chi connectivity index (χ1n) is 9.03. The van der Waals surface area contributed by atoms with E-state index < -0.39 is 0 Å². The van der Waals surface area contributed by atoms with Crippen LogP contribution in [0.2, 0.25) is 0 Å². The van der Waals surface area contributed by atoms with E-state index in [4.69, 9.17) is 5.26 Å². The van der Waals surface area contributed by atoms with Gasteiger partial charge in [0.15, 0.2) is 0 Å². The molecule has 0 atom stereocenters. The topological polar surface area (TPSA) is 68.2 Å². The molecule has 3 rings (SSSR count). The maximum absolute atomic E-state index is 12.1. The van der Waals surface area contributed by atoms with Gasteiger partial charge in [-0.1, -0.05) is 6.92 Å². The van der Waals surface area contributed by atoms with Crippen molar-refractivity contribution in [1.29, 1.82) is 5.26 Å². The van der Waals surface area contributed by atoms with Crippen LogP contribution < -0.4 is 15.5 Å². The Labute approximate surface area is 154 Å². The second-order valence-corrected chi connectivity index (χ2v) is 6.81. The van der Waals surface area contributed by atoms with Crippen molar-refractivity contribution >= 4 is 23.0 Å². The molecule has 0 radical (unpaired) electrons.